The lowest BCUT2D eigenvalue weighted by atomic mass is 10.1. The van der Waals surface area contributed by atoms with E-state index in [-0.39, 0.29) is 5.56 Å². The second-order valence-electron chi connectivity index (χ2n) is 3.46. The molecule has 1 aromatic carbocycles. The van der Waals surface area contributed by atoms with Crippen LogP contribution < -0.4 is 0 Å². The molecule has 0 aliphatic carbocycles. The Morgan fingerprint density at radius 2 is 2.06 bits per heavy atom. The summed E-state index contributed by atoms with van der Waals surface area (Å²) in [5.41, 5.74) is 0.735. The average molecular weight is 283 g/mol. The van der Waals surface area contributed by atoms with E-state index in [1.807, 2.05) is 0 Å². The quantitative estimate of drug-likeness (QED) is 0.805. The van der Waals surface area contributed by atoms with Crippen LogP contribution in [0.4, 0.5) is 0 Å². The van der Waals surface area contributed by atoms with Crippen molar-refractivity contribution in [3.63, 3.8) is 0 Å². The molecule has 1 aromatic heterocycles. The highest BCUT2D eigenvalue weighted by atomic mass is 32.2. The molecule has 0 aliphatic rings. The van der Waals surface area contributed by atoms with Gasteiger partial charge < -0.3 is 4.18 Å². The lowest BCUT2D eigenvalue weighted by Gasteiger charge is -2.05. The summed E-state index contributed by atoms with van der Waals surface area (Å²) in [6.45, 7) is 0. The first-order valence-corrected chi connectivity index (χ1v) is 7.59. The molecule has 94 valence electrons. The van der Waals surface area contributed by atoms with Gasteiger partial charge in [-0.25, -0.2) is 9.78 Å². The number of carbonyl (C=O) groups is 1. The van der Waals surface area contributed by atoms with Gasteiger partial charge >= 0.3 is 16.1 Å². The maximum Gasteiger partial charge on any atom is 0.354 e. The van der Waals surface area contributed by atoms with Crippen LogP contribution >= 0.6 is 11.3 Å². The fraction of sp³-hybridized carbons (Fsp3) is 0.0909. The molecule has 0 fully saturated rings. The lowest BCUT2D eigenvalue weighted by Crippen LogP contribution is -2.12. The number of nitrogens with zero attached hydrogens (tertiary/aromatic N) is 1. The zero-order chi connectivity index (χ0) is 13.2. The van der Waals surface area contributed by atoms with Gasteiger partial charge in [-0.1, -0.05) is 18.2 Å². The predicted octanol–water partition coefficient (Wildman–Crippen LogP) is 1.93. The largest absolute Gasteiger partial charge is 0.354 e. The molecular weight excluding hydrogens is 274 g/mol. The van der Waals surface area contributed by atoms with Crippen LogP contribution in [0.15, 0.2) is 35.8 Å². The molecule has 0 aliphatic heterocycles. The first kappa shape index (κ1) is 12.7. The topological polar surface area (TPSA) is 73.3 Å². The maximum atomic E-state index is 11.8. The summed E-state index contributed by atoms with van der Waals surface area (Å²) in [5, 5.41) is 2.41. The monoisotopic (exact) mass is 283 g/mol. The SMILES string of the molecule is CS(=O)(=O)OC(=O)c1ccccc1-c1nccs1. The summed E-state index contributed by atoms with van der Waals surface area (Å²) in [5.74, 6) is -0.900. The molecule has 7 heteroatoms. The van der Waals surface area contributed by atoms with Gasteiger partial charge in [0, 0.05) is 17.1 Å². The van der Waals surface area contributed by atoms with Gasteiger partial charge in [0.05, 0.1) is 11.8 Å². The minimum absolute atomic E-state index is 0.179. The number of hydrogen-bond donors (Lipinski definition) is 0. The summed E-state index contributed by atoms with van der Waals surface area (Å²) in [7, 11) is -3.82. The van der Waals surface area contributed by atoms with E-state index in [0.717, 1.165) is 6.26 Å². The predicted molar refractivity (Wildman–Crippen MR) is 67.8 cm³/mol. The fourth-order valence-electron chi connectivity index (χ4n) is 1.39. The molecule has 18 heavy (non-hydrogen) atoms. The van der Waals surface area contributed by atoms with E-state index in [2.05, 4.69) is 9.17 Å². The zero-order valence-electron chi connectivity index (χ0n) is 9.36. The van der Waals surface area contributed by atoms with Crippen LogP contribution in [0.5, 0.6) is 0 Å². The van der Waals surface area contributed by atoms with E-state index < -0.39 is 16.1 Å². The Hall–Kier alpha value is -1.73. The van der Waals surface area contributed by atoms with Gasteiger partial charge in [0.15, 0.2) is 0 Å². The first-order chi connectivity index (χ1) is 8.47. The van der Waals surface area contributed by atoms with Crippen molar-refractivity contribution in [2.45, 2.75) is 0 Å². The van der Waals surface area contributed by atoms with Crippen molar-refractivity contribution < 1.29 is 17.4 Å². The normalized spacial score (nSPS) is 11.2. The Morgan fingerprint density at radius 1 is 1.33 bits per heavy atom. The number of carbonyl (C=O) groups excluding carboxylic acids is 1. The van der Waals surface area contributed by atoms with Gasteiger partial charge in [0.25, 0.3) is 0 Å². The Morgan fingerprint density at radius 3 is 2.67 bits per heavy atom. The number of aromatic nitrogens is 1. The number of benzene rings is 1. The van der Waals surface area contributed by atoms with Crippen molar-refractivity contribution in [2.75, 3.05) is 6.26 Å². The number of thiazole rings is 1. The lowest BCUT2D eigenvalue weighted by molar-refractivity contribution is 0.0749. The number of rotatable bonds is 3. The second-order valence-corrected chi connectivity index (χ2v) is 5.93. The van der Waals surface area contributed by atoms with Crippen LogP contribution in [0, 0.1) is 0 Å². The van der Waals surface area contributed by atoms with Gasteiger partial charge in [-0.15, -0.1) is 11.3 Å². The van der Waals surface area contributed by atoms with E-state index in [1.54, 1.807) is 29.8 Å². The Kier molecular flexibility index (Phi) is 3.44. The van der Waals surface area contributed by atoms with Crippen LogP contribution in [0.25, 0.3) is 10.6 Å². The molecule has 2 rings (SSSR count). The highest BCUT2D eigenvalue weighted by Gasteiger charge is 2.18. The second kappa shape index (κ2) is 4.87. The summed E-state index contributed by atoms with van der Waals surface area (Å²) in [4.78, 5) is 15.8. The van der Waals surface area contributed by atoms with Gasteiger partial charge in [-0.05, 0) is 6.07 Å². The standard InChI is InChI=1S/C11H9NO4S2/c1-18(14,15)16-11(13)9-5-3-2-4-8(9)10-12-6-7-17-10/h2-7H,1H3. The summed E-state index contributed by atoms with van der Waals surface area (Å²) >= 11 is 1.36. The molecule has 0 bridgehead atoms. The minimum atomic E-state index is -3.82. The van der Waals surface area contributed by atoms with Crippen LogP contribution in [0.1, 0.15) is 10.4 Å². The van der Waals surface area contributed by atoms with Crippen LogP contribution in [-0.4, -0.2) is 25.6 Å². The highest BCUT2D eigenvalue weighted by molar-refractivity contribution is 7.86. The number of hydrogen-bond acceptors (Lipinski definition) is 6. The Bertz CT molecular complexity index is 662. The third-order valence-electron chi connectivity index (χ3n) is 2.04. The van der Waals surface area contributed by atoms with Crippen LogP contribution in [0.2, 0.25) is 0 Å². The molecule has 0 N–H and O–H groups in total. The van der Waals surface area contributed by atoms with Crippen molar-refractivity contribution in [3.8, 4) is 10.6 Å². The first-order valence-electron chi connectivity index (χ1n) is 4.90. The van der Waals surface area contributed by atoms with Gasteiger partial charge in [-0.3, -0.25) is 0 Å². The van der Waals surface area contributed by atoms with E-state index >= 15 is 0 Å². The maximum absolute atomic E-state index is 11.8. The molecule has 0 atom stereocenters. The van der Waals surface area contributed by atoms with E-state index in [9.17, 15) is 13.2 Å². The third-order valence-corrected chi connectivity index (χ3v) is 3.30. The molecule has 2 aromatic rings. The summed E-state index contributed by atoms with van der Waals surface area (Å²) in [6.07, 6.45) is 2.44. The van der Waals surface area contributed by atoms with Crippen molar-refractivity contribution in [1.82, 2.24) is 4.98 Å². The average Bonchev–Trinajstić information content (AvgIpc) is 2.80. The molecule has 0 unspecified atom stereocenters. The van der Waals surface area contributed by atoms with Gasteiger partial charge in [-0.2, -0.15) is 8.42 Å². The molecule has 1 heterocycles. The van der Waals surface area contributed by atoms with Crippen molar-refractivity contribution >= 4 is 27.4 Å². The summed E-state index contributed by atoms with van der Waals surface area (Å²) in [6, 6.07) is 6.58. The molecule has 0 saturated heterocycles. The van der Waals surface area contributed by atoms with Crippen molar-refractivity contribution in [3.05, 3.63) is 41.4 Å². The minimum Gasteiger partial charge on any atom is -0.341 e. The highest BCUT2D eigenvalue weighted by Crippen LogP contribution is 2.26. The smallest absolute Gasteiger partial charge is 0.341 e. The van der Waals surface area contributed by atoms with Gasteiger partial charge in [0.1, 0.15) is 5.01 Å². The molecular formula is C11H9NO4S2. The van der Waals surface area contributed by atoms with E-state index in [1.165, 1.54) is 17.4 Å². The zero-order valence-corrected chi connectivity index (χ0v) is 11.0. The summed E-state index contributed by atoms with van der Waals surface area (Å²) < 4.78 is 26.3. The van der Waals surface area contributed by atoms with Crippen LogP contribution in [0.3, 0.4) is 0 Å². The van der Waals surface area contributed by atoms with E-state index in [4.69, 9.17) is 0 Å². The Labute approximate surface area is 108 Å². The molecule has 0 radical (unpaired) electrons. The molecule has 0 spiro atoms. The van der Waals surface area contributed by atoms with Crippen molar-refractivity contribution in [1.29, 1.82) is 0 Å². The van der Waals surface area contributed by atoms with Gasteiger partial charge in [0.2, 0.25) is 0 Å². The fourth-order valence-corrected chi connectivity index (χ4v) is 2.43. The molecule has 5 nitrogen and oxygen atoms in total. The Balaban J connectivity index is 2.43. The molecule has 0 amide bonds. The van der Waals surface area contributed by atoms with E-state index in [0.29, 0.717) is 10.6 Å². The van der Waals surface area contributed by atoms with Crippen LogP contribution in [-0.2, 0) is 14.3 Å². The van der Waals surface area contributed by atoms with Crippen molar-refractivity contribution in [2.24, 2.45) is 0 Å². The molecule has 0 saturated carbocycles. The third kappa shape index (κ3) is 2.93.